The average Bonchev–Trinajstić information content (AvgIpc) is 2.45. The summed E-state index contributed by atoms with van der Waals surface area (Å²) in [7, 11) is 0. The Balaban J connectivity index is 2.02. The molecule has 22 heavy (non-hydrogen) atoms. The topological polar surface area (TPSA) is 66.8 Å². The van der Waals surface area contributed by atoms with E-state index in [1.165, 1.54) is 4.90 Å². The Kier molecular flexibility index (Phi) is 4.99. The maximum absolute atomic E-state index is 12.8. The number of halogens is 3. The predicted molar refractivity (Wildman–Crippen MR) is 70.1 cm³/mol. The molecule has 0 aromatic heterocycles. The minimum atomic E-state index is -4.28. The van der Waals surface area contributed by atoms with Gasteiger partial charge in [-0.1, -0.05) is 6.42 Å². The highest BCUT2D eigenvalue weighted by Gasteiger charge is 2.45. The van der Waals surface area contributed by atoms with Crippen molar-refractivity contribution in [3.05, 3.63) is 0 Å². The van der Waals surface area contributed by atoms with Crippen LogP contribution in [0.4, 0.5) is 13.2 Å². The van der Waals surface area contributed by atoms with Gasteiger partial charge < -0.3 is 14.7 Å². The summed E-state index contributed by atoms with van der Waals surface area (Å²) in [6, 6.07) is 0. The van der Waals surface area contributed by atoms with Crippen molar-refractivity contribution in [2.24, 2.45) is 11.8 Å². The van der Waals surface area contributed by atoms with Gasteiger partial charge in [-0.05, 0) is 26.2 Å². The van der Waals surface area contributed by atoms with E-state index >= 15 is 0 Å². The standard InChI is InChI=1S/C14H20F3NO4/c1-8-6-18(7-11(22-8)13(20)21)12(19)9-3-2-4-10(5-9)14(15,16)17/h8-11H,2-7H2,1H3,(H,20,21)/t8-,9?,10?,11?/m1/s1. The fourth-order valence-corrected chi connectivity index (χ4v) is 3.24. The van der Waals surface area contributed by atoms with Crippen molar-refractivity contribution in [3.8, 4) is 0 Å². The monoisotopic (exact) mass is 323 g/mol. The Hall–Kier alpha value is -1.31. The zero-order chi connectivity index (χ0) is 16.5. The summed E-state index contributed by atoms with van der Waals surface area (Å²) in [5.41, 5.74) is 0. The van der Waals surface area contributed by atoms with Crippen LogP contribution >= 0.6 is 0 Å². The van der Waals surface area contributed by atoms with Crippen LogP contribution in [0.25, 0.3) is 0 Å². The molecule has 126 valence electrons. The molecule has 1 N–H and O–H groups in total. The van der Waals surface area contributed by atoms with Crippen LogP contribution in [-0.4, -0.2) is 53.4 Å². The van der Waals surface area contributed by atoms with Crippen molar-refractivity contribution in [1.82, 2.24) is 4.90 Å². The second kappa shape index (κ2) is 6.44. The summed E-state index contributed by atoms with van der Waals surface area (Å²) >= 11 is 0. The number of carboxylic acids is 1. The van der Waals surface area contributed by atoms with Gasteiger partial charge in [-0.25, -0.2) is 4.79 Å². The number of carbonyl (C=O) groups is 2. The highest BCUT2D eigenvalue weighted by atomic mass is 19.4. The number of alkyl halides is 3. The number of ether oxygens (including phenoxy) is 1. The summed E-state index contributed by atoms with van der Waals surface area (Å²) in [5, 5.41) is 9.00. The first-order chi connectivity index (χ1) is 10.2. The van der Waals surface area contributed by atoms with Crippen LogP contribution in [0.5, 0.6) is 0 Å². The van der Waals surface area contributed by atoms with Gasteiger partial charge in [0.05, 0.1) is 18.6 Å². The first kappa shape index (κ1) is 17.1. The second-order valence-corrected chi connectivity index (χ2v) is 6.12. The number of rotatable bonds is 2. The highest BCUT2D eigenvalue weighted by Crippen LogP contribution is 2.40. The van der Waals surface area contributed by atoms with Crippen molar-refractivity contribution >= 4 is 11.9 Å². The molecule has 1 heterocycles. The van der Waals surface area contributed by atoms with E-state index in [1.54, 1.807) is 6.92 Å². The number of hydrogen-bond donors (Lipinski definition) is 1. The third-order valence-corrected chi connectivity index (χ3v) is 4.33. The lowest BCUT2D eigenvalue weighted by Gasteiger charge is -2.38. The summed E-state index contributed by atoms with van der Waals surface area (Å²) in [6.45, 7) is 1.76. The third kappa shape index (κ3) is 3.91. The minimum absolute atomic E-state index is 0.0601. The lowest BCUT2D eigenvalue weighted by atomic mass is 9.80. The normalized spacial score (nSPS) is 33.5. The Morgan fingerprint density at radius 3 is 2.50 bits per heavy atom. The second-order valence-electron chi connectivity index (χ2n) is 6.12. The Morgan fingerprint density at radius 2 is 1.91 bits per heavy atom. The predicted octanol–water partition coefficient (Wildman–Crippen LogP) is 2.06. The number of morpholine rings is 1. The van der Waals surface area contributed by atoms with Gasteiger partial charge in [0, 0.05) is 12.5 Å². The summed E-state index contributed by atoms with van der Waals surface area (Å²) in [5.74, 6) is -3.67. The molecule has 0 bridgehead atoms. The van der Waals surface area contributed by atoms with E-state index in [0.29, 0.717) is 12.8 Å². The van der Waals surface area contributed by atoms with Crippen molar-refractivity contribution in [2.45, 2.75) is 51.0 Å². The van der Waals surface area contributed by atoms with Crippen LogP contribution in [0.3, 0.4) is 0 Å². The lowest BCUT2D eigenvalue weighted by Crippen LogP contribution is -2.53. The number of carboxylic acid groups (broad SMARTS) is 1. The fraction of sp³-hybridized carbons (Fsp3) is 0.857. The largest absolute Gasteiger partial charge is 0.479 e. The van der Waals surface area contributed by atoms with Crippen LogP contribution in [-0.2, 0) is 14.3 Å². The van der Waals surface area contributed by atoms with Crippen molar-refractivity contribution in [3.63, 3.8) is 0 Å². The van der Waals surface area contributed by atoms with Gasteiger partial charge >= 0.3 is 12.1 Å². The third-order valence-electron chi connectivity index (χ3n) is 4.33. The number of aliphatic carboxylic acids is 1. The molecule has 2 rings (SSSR count). The van der Waals surface area contributed by atoms with E-state index in [2.05, 4.69) is 0 Å². The van der Waals surface area contributed by atoms with E-state index in [9.17, 15) is 22.8 Å². The van der Waals surface area contributed by atoms with Gasteiger partial charge in [-0.15, -0.1) is 0 Å². The van der Waals surface area contributed by atoms with E-state index in [4.69, 9.17) is 9.84 Å². The van der Waals surface area contributed by atoms with Crippen LogP contribution in [0.15, 0.2) is 0 Å². The maximum atomic E-state index is 12.8. The van der Waals surface area contributed by atoms with Crippen molar-refractivity contribution in [1.29, 1.82) is 0 Å². The molecule has 1 aliphatic carbocycles. The maximum Gasteiger partial charge on any atom is 0.391 e. The zero-order valence-corrected chi connectivity index (χ0v) is 12.3. The van der Waals surface area contributed by atoms with Gasteiger partial charge in [0.2, 0.25) is 5.91 Å². The molecule has 2 fully saturated rings. The smallest absolute Gasteiger partial charge is 0.391 e. The Bertz CT molecular complexity index is 440. The number of hydrogen-bond acceptors (Lipinski definition) is 3. The molecule has 4 atom stereocenters. The van der Waals surface area contributed by atoms with Crippen LogP contribution in [0.1, 0.15) is 32.6 Å². The number of amides is 1. The number of carbonyl (C=O) groups excluding carboxylic acids is 1. The van der Waals surface area contributed by atoms with Crippen LogP contribution < -0.4 is 0 Å². The molecule has 3 unspecified atom stereocenters. The molecule has 5 nitrogen and oxygen atoms in total. The molecule has 1 amide bonds. The molecular formula is C14H20F3NO4. The summed E-state index contributed by atoms with van der Waals surface area (Å²) in [6.07, 6.45) is -5.19. The molecule has 0 aromatic carbocycles. The van der Waals surface area contributed by atoms with Crippen LogP contribution in [0.2, 0.25) is 0 Å². The van der Waals surface area contributed by atoms with Crippen molar-refractivity contribution < 1.29 is 32.6 Å². The van der Waals surface area contributed by atoms with Crippen LogP contribution in [0, 0.1) is 11.8 Å². The average molecular weight is 323 g/mol. The van der Waals surface area contributed by atoms with Gasteiger partial charge in [-0.2, -0.15) is 13.2 Å². The molecule has 0 spiro atoms. The van der Waals surface area contributed by atoms with Gasteiger partial charge in [0.25, 0.3) is 0 Å². The van der Waals surface area contributed by atoms with E-state index in [0.717, 1.165) is 0 Å². The lowest BCUT2D eigenvalue weighted by molar-refractivity contribution is -0.188. The van der Waals surface area contributed by atoms with E-state index in [1.807, 2.05) is 0 Å². The molecule has 0 aromatic rings. The zero-order valence-electron chi connectivity index (χ0n) is 12.3. The molecule has 1 saturated carbocycles. The van der Waals surface area contributed by atoms with E-state index in [-0.39, 0.29) is 31.8 Å². The highest BCUT2D eigenvalue weighted by molar-refractivity contribution is 5.80. The Labute approximate surface area is 126 Å². The molecule has 1 saturated heterocycles. The van der Waals surface area contributed by atoms with Crippen molar-refractivity contribution in [2.75, 3.05) is 13.1 Å². The molecule has 1 aliphatic heterocycles. The van der Waals surface area contributed by atoms with Gasteiger partial charge in [0.15, 0.2) is 6.10 Å². The molecule has 2 aliphatic rings. The molecule has 0 radical (unpaired) electrons. The van der Waals surface area contributed by atoms with Gasteiger partial charge in [0.1, 0.15) is 0 Å². The van der Waals surface area contributed by atoms with Gasteiger partial charge in [-0.3, -0.25) is 4.79 Å². The quantitative estimate of drug-likeness (QED) is 0.845. The first-order valence-corrected chi connectivity index (χ1v) is 7.42. The minimum Gasteiger partial charge on any atom is -0.479 e. The fourth-order valence-electron chi connectivity index (χ4n) is 3.24. The summed E-state index contributed by atoms with van der Waals surface area (Å²) < 4.78 is 43.7. The first-order valence-electron chi connectivity index (χ1n) is 7.42. The Morgan fingerprint density at radius 1 is 1.23 bits per heavy atom. The SMILES string of the molecule is C[C@@H]1CN(C(=O)C2CCCC(C(F)(F)F)C2)CC(C(=O)O)O1. The molecular weight excluding hydrogens is 303 g/mol. The number of nitrogens with zero attached hydrogens (tertiary/aromatic N) is 1. The van der Waals surface area contributed by atoms with E-state index < -0.39 is 36.2 Å². The summed E-state index contributed by atoms with van der Waals surface area (Å²) in [4.78, 5) is 24.8. The molecule has 8 heteroatoms.